The lowest BCUT2D eigenvalue weighted by atomic mass is 10.2. The summed E-state index contributed by atoms with van der Waals surface area (Å²) in [6.45, 7) is 3.33. The molecule has 0 aliphatic carbocycles. The van der Waals surface area contributed by atoms with E-state index in [2.05, 4.69) is 27.3 Å². The van der Waals surface area contributed by atoms with E-state index >= 15 is 0 Å². The lowest BCUT2D eigenvalue weighted by molar-refractivity contribution is -0.907. The van der Waals surface area contributed by atoms with Crippen LogP contribution >= 0.6 is 27.3 Å². The van der Waals surface area contributed by atoms with Crippen LogP contribution in [0.25, 0.3) is 0 Å². The topological polar surface area (TPSA) is 42.8 Å². The molecular weight excluding hydrogens is 376 g/mol. The van der Waals surface area contributed by atoms with E-state index in [0.29, 0.717) is 6.54 Å². The third-order valence-electron chi connectivity index (χ3n) is 3.84. The third kappa shape index (κ3) is 5.34. The van der Waals surface area contributed by atoms with Crippen LogP contribution < -0.4 is 15.0 Å². The van der Waals surface area contributed by atoms with E-state index < -0.39 is 0 Å². The SMILES string of the molecule is COc1ccc(CNC(=O)[C@H](C)[NH+](C)Cc2ccc(Br)s2)cc1. The monoisotopic (exact) mass is 397 g/mol. The zero-order valence-electron chi connectivity index (χ0n) is 13.6. The largest absolute Gasteiger partial charge is 0.497 e. The lowest BCUT2D eigenvalue weighted by Gasteiger charge is -2.20. The quantitative estimate of drug-likeness (QED) is 0.752. The molecular formula is C17H22BrN2O2S+. The molecule has 6 heteroatoms. The van der Waals surface area contributed by atoms with Crippen LogP contribution in [-0.2, 0) is 17.9 Å². The highest BCUT2D eigenvalue weighted by Crippen LogP contribution is 2.21. The summed E-state index contributed by atoms with van der Waals surface area (Å²) < 4.78 is 6.25. The molecule has 0 spiro atoms. The smallest absolute Gasteiger partial charge is 0.278 e. The molecule has 1 aromatic carbocycles. The first-order valence-corrected chi connectivity index (χ1v) is 9.07. The van der Waals surface area contributed by atoms with Crippen molar-refractivity contribution in [3.05, 3.63) is 50.6 Å². The molecule has 2 rings (SSSR count). The van der Waals surface area contributed by atoms with Gasteiger partial charge >= 0.3 is 0 Å². The second kappa shape index (κ2) is 8.47. The van der Waals surface area contributed by atoms with Gasteiger partial charge in [-0.25, -0.2) is 0 Å². The number of halogens is 1. The summed E-state index contributed by atoms with van der Waals surface area (Å²) in [4.78, 5) is 14.8. The Kier molecular flexibility index (Phi) is 6.62. The number of carbonyl (C=O) groups excluding carboxylic acids is 1. The molecule has 1 aromatic heterocycles. The predicted molar refractivity (Wildman–Crippen MR) is 96.9 cm³/mol. The van der Waals surface area contributed by atoms with Gasteiger partial charge in [0.2, 0.25) is 0 Å². The van der Waals surface area contributed by atoms with Crippen molar-refractivity contribution in [2.45, 2.75) is 26.1 Å². The Morgan fingerprint density at radius 1 is 1.30 bits per heavy atom. The van der Waals surface area contributed by atoms with Crippen molar-refractivity contribution in [2.24, 2.45) is 0 Å². The molecule has 0 radical (unpaired) electrons. The van der Waals surface area contributed by atoms with E-state index in [4.69, 9.17) is 4.74 Å². The van der Waals surface area contributed by atoms with Crippen molar-refractivity contribution < 1.29 is 14.4 Å². The van der Waals surface area contributed by atoms with Gasteiger partial charge in [0.25, 0.3) is 5.91 Å². The van der Waals surface area contributed by atoms with Crippen molar-refractivity contribution in [1.82, 2.24) is 5.32 Å². The number of hydrogen-bond acceptors (Lipinski definition) is 3. The Labute approximate surface area is 149 Å². The van der Waals surface area contributed by atoms with E-state index in [1.165, 1.54) is 9.78 Å². The van der Waals surface area contributed by atoms with Crippen LogP contribution in [0.15, 0.2) is 40.2 Å². The number of thiophene rings is 1. The maximum atomic E-state index is 12.3. The molecule has 4 nitrogen and oxygen atoms in total. The number of amides is 1. The van der Waals surface area contributed by atoms with E-state index in [1.807, 2.05) is 44.3 Å². The van der Waals surface area contributed by atoms with Gasteiger partial charge in [-0.2, -0.15) is 0 Å². The maximum Gasteiger partial charge on any atom is 0.278 e. The molecule has 124 valence electrons. The van der Waals surface area contributed by atoms with Gasteiger partial charge < -0.3 is 15.0 Å². The number of ether oxygens (including phenoxy) is 1. The average Bonchev–Trinajstić information content (AvgIpc) is 2.97. The van der Waals surface area contributed by atoms with Crippen LogP contribution in [0, 0.1) is 0 Å². The minimum atomic E-state index is -0.103. The summed E-state index contributed by atoms with van der Waals surface area (Å²) in [5, 5.41) is 3.00. The fraction of sp³-hybridized carbons (Fsp3) is 0.353. The first kappa shape index (κ1) is 18.0. The minimum Gasteiger partial charge on any atom is -0.497 e. The number of likely N-dealkylation sites (N-methyl/N-ethyl adjacent to an activating group) is 1. The summed E-state index contributed by atoms with van der Waals surface area (Å²) in [6, 6.07) is 11.8. The first-order valence-electron chi connectivity index (χ1n) is 7.46. The Bertz CT molecular complexity index is 642. The Morgan fingerprint density at radius 2 is 2.00 bits per heavy atom. The van der Waals surface area contributed by atoms with Gasteiger partial charge in [0.15, 0.2) is 6.04 Å². The molecule has 1 unspecified atom stereocenters. The Hall–Kier alpha value is -1.37. The van der Waals surface area contributed by atoms with E-state index in [0.717, 1.165) is 21.6 Å². The molecule has 2 atom stereocenters. The number of quaternary nitrogens is 1. The second-order valence-electron chi connectivity index (χ2n) is 5.52. The molecule has 1 heterocycles. The molecule has 2 aromatic rings. The number of rotatable bonds is 7. The number of hydrogen-bond donors (Lipinski definition) is 2. The summed E-state index contributed by atoms with van der Waals surface area (Å²) in [7, 11) is 3.69. The van der Waals surface area contributed by atoms with Crippen molar-refractivity contribution in [2.75, 3.05) is 14.2 Å². The predicted octanol–water partition coefficient (Wildman–Crippen LogP) is 2.24. The first-order chi connectivity index (χ1) is 11.0. The van der Waals surface area contributed by atoms with Crippen LogP contribution in [0.3, 0.4) is 0 Å². The Balaban J connectivity index is 1.83. The molecule has 0 bridgehead atoms. The van der Waals surface area contributed by atoms with Crippen LogP contribution in [0.4, 0.5) is 0 Å². The number of methoxy groups -OCH3 is 1. The van der Waals surface area contributed by atoms with Crippen LogP contribution in [0.2, 0.25) is 0 Å². The van der Waals surface area contributed by atoms with Crippen molar-refractivity contribution in [1.29, 1.82) is 0 Å². The summed E-state index contributed by atoms with van der Waals surface area (Å²) >= 11 is 5.18. The summed E-state index contributed by atoms with van der Waals surface area (Å²) in [6.07, 6.45) is 0. The molecule has 23 heavy (non-hydrogen) atoms. The number of benzene rings is 1. The molecule has 1 amide bonds. The molecule has 0 aliphatic heterocycles. The van der Waals surface area contributed by atoms with E-state index in [1.54, 1.807) is 18.4 Å². The van der Waals surface area contributed by atoms with Gasteiger partial charge in [-0.1, -0.05) is 12.1 Å². The van der Waals surface area contributed by atoms with E-state index in [-0.39, 0.29) is 11.9 Å². The van der Waals surface area contributed by atoms with Crippen molar-refractivity contribution >= 4 is 33.2 Å². The minimum absolute atomic E-state index is 0.0638. The third-order valence-corrected chi connectivity index (χ3v) is 5.46. The van der Waals surface area contributed by atoms with Gasteiger partial charge in [0.1, 0.15) is 12.3 Å². The van der Waals surface area contributed by atoms with Crippen LogP contribution in [0.1, 0.15) is 17.4 Å². The molecule has 0 saturated carbocycles. The zero-order valence-corrected chi connectivity index (χ0v) is 16.0. The fourth-order valence-corrected chi connectivity index (χ4v) is 3.76. The van der Waals surface area contributed by atoms with Crippen molar-refractivity contribution in [3.63, 3.8) is 0 Å². The summed E-state index contributed by atoms with van der Waals surface area (Å²) in [5.41, 5.74) is 1.06. The summed E-state index contributed by atoms with van der Waals surface area (Å²) in [5.74, 6) is 0.883. The Morgan fingerprint density at radius 3 is 2.57 bits per heavy atom. The van der Waals surface area contributed by atoms with Gasteiger partial charge in [0.05, 0.1) is 22.8 Å². The van der Waals surface area contributed by atoms with Gasteiger partial charge in [-0.15, -0.1) is 11.3 Å². The highest BCUT2D eigenvalue weighted by atomic mass is 79.9. The van der Waals surface area contributed by atoms with E-state index in [9.17, 15) is 4.79 Å². The van der Waals surface area contributed by atoms with Gasteiger partial charge in [-0.3, -0.25) is 4.79 Å². The molecule has 2 N–H and O–H groups in total. The molecule has 0 fully saturated rings. The molecule has 0 saturated heterocycles. The zero-order chi connectivity index (χ0) is 16.8. The van der Waals surface area contributed by atoms with Crippen LogP contribution in [-0.4, -0.2) is 26.1 Å². The van der Waals surface area contributed by atoms with Gasteiger partial charge in [0, 0.05) is 6.54 Å². The van der Waals surface area contributed by atoms with Crippen LogP contribution in [0.5, 0.6) is 5.75 Å². The normalized spacial score (nSPS) is 13.4. The highest BCUT2D eigenvalue weighted by Gasteiger charge is 2.22. The number of carbonyl (C=O) groups is 1. The maximum absolute atomic E-state index is 12.3. The molecule has 0 aliphatic rings. The van der Waals surface area contributed by atoms with Crippen molar-refractivity contribution in [3.8, 4) is 5.75 Å². The lowest BCUT2D eigenvalue weighted by Crippen LogP contribution is -3.12. The second-order valence-corrected chi connectivity index (χ2v) is 8.06. The van der Waals surface area contributed by atoms with Gasteiger partial charge in [-0.05, 0) is 52.7 Å². The average molecular weight is 398 g/mol. The highest BCUT2D eigenvalue weighted by molar-refractivity contribution is 9.11. The standard InChI is InChI=1S/C17H21BrN2O2S/c1-12(20(2)11-15-8-9-16(18)23-15)17(21)19-10-13-4-6-14(22-3)7-5-13/h4-9,12H,10-11H2,1-3H3,(H,19,21)/p+1/t12-/m0/s1. The fourth-order valence-electron chi connectivity index (χ4n) is 2.18. The number of nitrogens with one attached hydrogen (secondary N) is 2.